The number of carboxylic acid groups (broad SMARTS) is 1. The molecule has 0 radical (unpaired) electrons. The lowest BCUT2D eigenvalue weighted by Crippen LogP contribution is -2.09. The fraction of sp³-hybridized carbons (Fsp3) is 0.278. The molecule has 25 heavy (non-hydrogen) atoms. The predicted octanol–water partition coefficient (Wildman–Crippen LogP) is 5.53. The highest BCUT2D eigenvalue weighted by molar-refractivity contribution is 6.36. The summed E-state index contributed by atoms with van der Waals surface area (Å²) in [6, 6.07) is 6.36. The van der Waals surface area contributed by atoms with Crippen LogP contribution in [-0.2, 0) is 11.2 Å². The second-order valence-corrected chi connectivity index (χ2v) is 7.04. The third-order valence-electron chi connectivity index (χ3n) is 3.66. The zero-order valence-electron chi connectivity index (χ0n) is 13.6. The summed E-state index contributed by atoms with van der Waals surface area (Å²) >= 11 is 19.0. The number of ether oxygens (including phenoxy) is 1. The van der Waals surface area contributed by atoms with Gasteiger partial charge in [-0.1, -0.05) is 54.7 Å². The Morgan fingerprint density at radius 2 is 1.76 bits per heavy atom. The molecule has 0 aliphatic carbocycles. The fourth-order valence-electron chi connectivity index (χ4n) is 2.48. The van der Waals surface area contributed by atoms with E-state index in [-0.39, 0.29) is 17.4 Å². The zero-order valence-corrected chi connectivity index (χ0v) is 15.9. The molecule has 2 rings (SSSR count). The fourth-order valence-corrected chi connectivity index (χ4v) is 3.53. The first-order valence-electron chi connectivity index (χ1n) is 7.53. The summed E-state index contributed by atoms with van der Waals surface area (Å²) in [5.74, 6) is -0.599. The zero-order chi connectivity index (χ0) is 18.7. The number of hydrogen-bond acceptors (Lipinski definition) is 3. The maximum absolute atomic E-state index is 10.6. The van der Waals surface area contributed by atoms with Crippen LogP contribution in [0.4, 0.5) is 0 Å². The Labute approximate surface area is 160 Å². The minimum absolute atomic E-state index is 0.0604. The van der Waals surface area contributed by atoms with E-state index < -0.39 is 12.6 Å². The van der Waals surface area contributed by atoms with Crippen molar-refractivity contribution in [3.8, 4) is 11.5 Å². The van der Waals surface area contributed by atoms with Crippen molar-refractivity contribution in [2.75, 3.05) is 6.61 Å². The van der Waals surface area contributed by atoms with Crippen molar-refractivity contribution in [1.29, 1.82) is 0 Å². The highest BCUT2D eigenvalue weighted by Gasteiger charge is 2.17. The van der Waals surface area contributed by atoms with E-state index in [4.69, 9.17) is 44.6 Å². The van der Waals surface area contributed by atoms with Gasteiger partial charge in [0.2, 0.25) is 0 Å². The Morgan fingerprint density at radius 3 is 2.28 bits per heavy atom. The number of phenolic OH excluding ortho intramolecular Hbond substituents is 1. The molecule has 0 aliphatic rings. The van der Waals surface area contributed by atoms with Gasteiger partial charge < -0.3 is 14.9 Å². The monoisotopic (exact) mass is 402 g/mol. The molecule has 0 atom stereocenters. The third kappa shape index (κ3) is 4.72. The van der Waals surface area contributed by atoms with Crippen LogP contribution in [0.3, 0.4) is 0 Å². The molecule has 0 saturated heterocycles. The maximum Gasteiger partial charge on any atom is 0.341 e. The summed E-state index contributed by atoms with van der Waals surface area (Å²) in [5.41, 5.74) is 2.10. The predicted molar refractivity (Wildman–Crippen MR) is 99.6 cm³/mol. The number of phenols is 1. The van der Waals surface area contributed by atoms with Gasteiger partial charge in [-0.05, 0) is 35.2 Å². The van der Waals surface area contributed by atoms with Crippen LogP contribution in [0.25, 0.3) is 0 Å². The Balaban J connectivity index is 2.35. The van der Waals surface area contributed by atoms with Crippen LogP contribution in [0.2, 0.25) is 15.1 Å². The number of aromatic hydroxyl groups is 1. The van der Waals surface area contributed by atoms with Gasteiger partial charge in [0.05, 0.1) is 5.02 Å². The van der Waals surface area contributed by atoms with Gasteiger partial charge in [0.15, 0.2) is 6.61 Å². The molecule has 0 saturated carbocycles. The summed E-state index contributed by atoms with van der Waals surface area (Å²) in [5, 5.41) is 19.8. The second-order valence-electron chi connectivity index (χ2n) is 5.85. The van der Waals surface area contributed by atoms with Gasteiger partial charge in [-0.3, -0.25) is 0 Å². The Bertz CT molecular complexity index is 780. The van der Waals surface area contributed by atoms with Crippen LogP contribution >= 0.6 is 34.8 Å². The molecule has 7 heteroatoms. The van der Waals surface area contributed by atoms with Gasteiger partial charge in [-0.25, -0.2) is 4.79 Å². The molecule has 0 bridgehead atoms. The first-order valence-corrected chi connectivity index (χ1v) is 8.66. The van der Waals surface area contributed by atoms with Crippen molar-refractivity contribution in [2.45, 2.75) is 26.2 Å². The highest BCUT2D eigenvalue weighted by atomic mass is 35.5. The molecule has 0 fully saturated rings. The van der Waals surface area contributed by atoms with E-state index in [0.29, 0.717) is 32.6 Å². The molecule has 0 spiro atoms. The average molecular weight is 404 g/mol. The minimum atomic E-state index is -1.09. The van der Waals surface area contributed by atoms with E-state index >= 15 is 0 Å². The molecule has 0 amide bonds. The van der Waals surface area contributed by atoms with Gasteiger partial charge in [0.1, 0.15) is 11.5 Å². The van der Waals surface area contributed by atoms with Gasteiger partial charge in [0.25, 0.3) is 0 Å². The molecule has 2 N–H and O–H groups in total. The maximum atomic E-state index is 10.6. The number of rotatable bonds is 6. The van der Waals surface area contributed by atoms with E-state index in [1.54, 1.807) is 12.1 Å². The summed E-state index contributed by atoms with van der Waals surface area (Å²) in [6.07, 6.45) is 0.371. The average Bonchev–Trinajstić information content (AvgIpc) is 2.50. The Kier molecular flexibility index (Phi) is 6.44. The van der Waals surface area contributed by atoms with Gasteiger partial charge in [-0.2, -0.15) is 0 Å². The van der Waals surface area contributed by atoms with Crippen molar-refractivity contribution in [2.24, 2.45) is 0 Å². The largest absolute Gasteiger partial charge is 0.508 e. The number of carbonyl (C=O) groups is 1. The summed E-state index contributed by atoms with van der Waals surface area (Å²) in [6.45, 7) is 3.41. The van der Waals surface area contributed by atoms with Gasteiger partial charge >= 0.3 is 5.97 Å². The lowest BCUT2D eigenvalue weighted by molar-refractivity contribution is -0.139. The van der Waals surface area contributed by atoms with Crippen molar-refractivity contribution < 1.29 is 19.7 Å². The lowest BCUT2D eigenvalue weighted by atomic mass is 9.96. The van der Waals surface area contributed by atoms with E-state index in [1.807, 2.05) is 13.8 Å². The molecule has 0 unspecified atom stereocenters. The van der Waals surface area contributed by atoms with Crippen LogP contribution in [0.15, 0.2) is 24.3 Å². The van der Waals surface area contributed by atoms with Gasteiger partial charge in [0, 0.05) is 22.0 Å². The number of aliphatic carboxylic acids is 1. The summed E-state index contributed by atoms with van der Waals surface area (Å²) < 4.78 is 5.10. The molecule has 0 heterocycles. The molecule has 2 aromatic carbocycles. The smallest absolute Gasteiger partial charge is 0.341 e. The lowest BCUT2D eigenvalue weighted by Gasteiger charge is -2.16. The van der Waals surface area contributed by atoms with Gasteiger partial charge in [-0.15, -0.1) is 0 Å². The Morgan fingerprint density at radius 1 is 1.16 bits per heavy atom. The normalized spacial score (nSPS) is 11.0. The molecule has 134 valence electrons. The first-order chi connectivity index (χ1) is 11.7. The summed E-state index contributed by atoms with van der Waals surface area (Å²) in [4.78, 5) is 10.6. The number of benzene rings is 2. The molecule has 0 aliphatic heterocycles. The van der Waals surface area contributed by atoms with Crippen LogP contribution in [-0.4, -0.2) is 22.8 Å². The third-order valence-corrected chi connectivity index (χ3v) is 4.78. The SMILES string of the molecule is CC(C)c1c(O)ccc(Cc2c(Cl)cc(OCC(=O)O)cc2Cl)c1Cl. The first kappa shape index (κ1) is 19.7. The summed E-state index contributed by atoms with van der Waals surface area (Å²) in [7, 11) is 0. The highest BCUT2D eigenvalue weighted by Crippen LogP contribution is 2.38. The molecule has 0 aromatic heterocycles. The van der Waals surface area contributed by atoms with Crippen molar-refractivity contribution in [1.82, 2.24) is 0 Å². The molecule has 2 aromatic rings. The van der Waals surface area contributed by atoms with E-state index in [9.17, 15) is 9.90 Å². The number of carboxylic acids is 1. The standard InChI is InChI=1S/C18H17Cl3O4/c1-9(2)17-15(22)4-3-10(18(17)21)5-12-13(19)6-11(7-14(12)20)25-8-16(23)24/h3-4,6-7,9,22H,5,8H2,1-2H3,(H,23,24). The van der Waals surface area contributed by atoms with Crippen molar-refractivity contribution in [3.63, 3.8) is 0 Å². The molecular formula is C18H17Cl3O4. The quantitative estimate of drug-likeness (QED) is 0.665. The molecule has 4 nitrogen and oxygen atoms in total. The number of hydrogen-bond donors (Lipinski definition) is 2. The number of halogens is 3. The van der Waals surface area contributed by atoms with Crippen molar-refractivity contribution in [3.05, 3.63) is 56.0 Å². The van der Waals surface area contributed by atoms with Crippen LogP contribution in [0.5, 0.6) is 11.5 Å². The van der Waals surface area contributed by atoms with Crippen LogP contribution < -0.4 is 4.74 Å². The second kappa shape index (κ2) is 8.17. The topological polar surface area (TPSA) is 66.8 Å². The Hall–Kier alpha value is -1.62. The van der Waals surface area contributed by atoms with E-state index in [1.165, 1.54) is 12.1 Å². The van der Waals surface area contributed by atoms with Crippen LogP contribution in [0, 0.1) is 0 Å². The van der Waals surface area contributed by atoms with Crippen LogP contribution in [0.1, 0.15) is 36.5 Å². The van der Waals surface area contributed by atoms with E-state index in [2.05, 4.69) is 0 Å². The molecular weight excluding hydrogens is 387 g/mol. The van der Waals surface area contributed by atoms with E-state index in [0.717, 1.165) is 5.56 Å². The van der Waals surface area contributed by atoms with Crippen molar-refractivity contribution >= 4 is 40.8 Å². The minimum Gasteiger partial charge on any atom is -0.508 e.